The number of nitrogens with zero attached hydrogens (tertiary/aromatic N) is 4. The van der Waals surface area contributed by atoms with E-state index in [1.165, 1.54) is 4.90 Å². The lowest BCUT2D eigenvalue weighted by Gasteiger charge is -2.34. The molecule has 0 spiro atoms. The lowest BCUT2D eigenvalue weighted by atomic mass is 9.96. The van der Waals surface area contributed by atoms with Crippen LogP contribution in [-0.2, 0) is 9.59 Å². The Hall–Kier alpha value is -4.37. The van der Waals surface area contributed by atoms with Crippen LogP contribution in [-0.4, -0.2) is 73.1 Å². The molecule has 0 aliphatic carbocycles. The van der Waals surface area contributed by atoms with E-state index in [1.54, 1.807) is 42.7 Å². The van der Waals surface area contributed by atoms with Gasteiger partial charge in [-0.2, -0.15) is 0 Å². The van der Waals surface area contributed by atoms with Crippen molar-refractivity contribution in [2.75, 3.05) is 56.2 Å². The second-order valence-corrected chi connectivity index (χ2v) is 9.62. The van der Waals surface area contributed by atoms with Crippen LogP contribution in [0.3, 0.4) is 0 Å². The molecule has 2 saturated heterocycles. The van der Waals surface area contributed by atoms with Gasteiger partial charge in [-0.1, -0.05) is 6.07 Å². The first kappa shape index (κ1) is 24.0. The van der Waals surface area contributed by atoms with Crippen molar-refractivity contribution >= 4 is 28.8 Å². The summed E-state index contributed by atoms with van der Waals surface area (Å²) in [5.74, 6) is -0.685. The summed E-state index contributed by atoms with van der Waals surface area (Å²) in [6, 6.07) is 15.3. The fourth-order valence-corrected chi connectivity index (χ4v) is 5.19. The Bertz CT molecular complexity index is 1400. The lowest BCUT2D eigenvalue weighted by molar-refractivity contribution is -0.132. The van der Waals surface area contributed by atoms with Crippen molar-refractivity contribution in [3.05, 3.63) is 83.7 Å². The highest BCUT2D eigenvalue weighted by molar-refractivity contribution is 6.51. The number of piperazine rings is 1. The number of aliphatic hydroxyl groups is 1. The van der Waals surface area contributed by atoms with Crippen LogP contribution in [0.5, 0.6) is 11.5 Å². The number of hydrogen-bond donors (Lipinski definition) is 1. The standard InChI is InChI=1S/C29H28N4O5/c1-31-11-13-32(14-12-31)21-5-7-22(8-6-21)33-26(20-3-2-10-30-18-20)25(28(35)29(33)36)27(34)19-4-9-23-24(17-19)38-16-15-37-23/h2-10,17-18,26,34H,11-16H2,1H3/b27-25-. The molecule has 2 aromatic carbocycles. The third kappa shape index (κ3) is 4.24. The number of anilines is 2. The molecule has 1 amide bonds. The number of benzene rings is 2. The molecule has 9 heteroatoms. The van der Waals surface area contributed by atoms with E-state index < -0.39 is 17.7 Å². The van der Waals surface area contributed by atoms with Gasteiger partial charge in [-0.05, 0) is 61.1 Å². The number of Topliss-reactive ketones (excluding diaryl/α,β-unsaturated/α-hetero) is 1. The van der Waals surface area contributed by atoms with Crippen molar-refractivity contribution < 1.29 is 24.2 Å². The number of aromatic nitrogens is 1. The number of aliphatic hydroxyl groups excluding tert-OH is 1. The molecule has 0 radical (unpaired) electrons. The Balaban J connectivity index is 1.40. The molecule has 1 atom stereocenters. The Morgan fingerprint density at radius 3 is 2.34 bits per heavy atom. The van der Waals surface area contributed by atoms with Crippen LogP contribution in [0.1, 0.15) is 17.2 Å². The third-order valence-electron chi connectivity index (χ3n) is 7.26. The molecule has 3 aliphatic heterocycles. The van der Waals surface area contributed by atoms with E-state index in [2.05, 4.69) is 21.8 Å². The topological polar surface area (TPSA) is 95.4 Å². The number of likely N-dealkylation sites (N-methyl/N-ethyl adjacent to an activating group) is 1. The summed E-state index contributed by atoms with van der Waals surface area (Å²) in [4.78, 5) is 37.1. The van der Waals surface area contributed by atoms with E-state index in [-0.39, 0.29) is 11.3 Å². The maximum Gasteiger partial charge on any atom is 0.300 e. The van der Waals surface area contributed by atoms with Gasteiger partial charge in [0.2, 0.25) is 0 Å². The first-order valence-corrected chi connectivity index (χ1v) is 12.7. The maximum absolute atomic E-state index is 13.4. The predicted octanol–water partition coefficient (Wildman–Crippen LogP) is 3.23. The number of fused-ring (bicyclic) bond motifs is 1. The van der Waals surface area contributed by atoms with Crippen molar-refractivity contribution in [2.24, 2.45) is 0 Å². The third-order valence-corrected chi connectivity index (χ3v) is 7.26. The molecule has 194 valence electrons. The Morgan fingerprint density at radius 2 is 1.63 bits per heavy atom. The molecule has 6 rings (SSSR count). The molecule has 38 heavy (non-hydrogen) atoms. The van der Waals surface area contributed by atoms with Crippen LogP contribution < -0.4 is 19.3 Å². The summed E-state index contributed by atoms with van der Waals surface area (Å²) in [5, 5.41) is 11.4. The monoisotopic (exact) mass is 512 g/mol. The van der Waals surface area contributed by atoms with E-state index in [1.807, 2.05) is 24.3 Å². The molecule has 3 aliphatic rings. The van der Waals surface area contributed by atoms with Gasteiger partial charge >= 0.3 is 0 Å². The molecular weight excluding hydrogens is 484 g/mol. The SMILES string of the molecule is CN1CCN(c2ccc(N3C(=O)C(=O)/C(=C(\O)c4ccc5c(c4)OCCO5)C3c3cccnc3)cc2)CC1. The van der Waals surface area contributed by atoms with Crippen molar-refractivity contribution in [3.8, 4) is 11.5 Å². The van der Waals surface area contributed by atoms with Crippen LogP contribution in [0.15, 0.2) is 72.6 Å². The normalized spacial score (nSPS) is 21.1. The van der Waals surface area contributed by atoms with Crippen molar-refractivity contribution in [1.29, 1.82) is 0 Å². The summed E-state index contributed by atoms with van der Waals surface area (Å²) in [5.41, 5.74) is 2.62. The Kier molecular flexibility index (Phi) is 6.21. The average molecular weight is 513 g/mol. The zero-order valence-electron chi connectivity index (χ0n) is 21.0. The fraction of sp³-hybridized carbons (Fsp3) is 0.276. The fourth-order valence-electron chi connectivity index (χ4n) is 5.19. The van der Waals surface area contributed by atoms with Gasteiger partial charge < -0.3 is 24.4 Å². The van der Waals surface area contributed by atoms with E-state index >= 15 is 0 Å². The molecule has 4 heterocycles. The largest absolute Gasteiger partial charge is 0.507 e. The highest BCUT2D eigenvalue weighted by Gasteiger charge is 2.47. The zero-order chi connectivity index (χ0) is 26.2. The second kappa shape index (κ2) is 9.83. The maximum atomic E-state index is 13.4. The molecule has 9 nitrogen and oxygen atoms in total. The summed E-state index contributed by atoms with van der Waals surface area (Å²) in [7, 11) is 2.11. The van der Waals surface area contributed by atoms with Crippen LogP contribution in [0.2, 0.25) is 0 Å². The van der Waals surface area contributed by atoms with Crippen molar-refractivity contribution in [3.63, 3.8) is 0 Å². The number of pyridine rings is 1. The number of hydrogen-bond acceptors (Lipinski definition) is 8. The first-order chi connectivity index (χ1) is 18.5. The number of ketones is 1. The molecule has 2 fully saturated rings. The molecule has 1 aromatic heterocycles. The molecule has 0 bridgehead atoms. The summed E-state index contributed by atoms with van der Waals surface area (Å²) >= 11 is 0. The van der Waals surface area contributed by atoms with E-state index in [0.717, 1.165) is 31.9 Å². The highest BCUT2D eigenvalue weighted by atomic mass is 16.6. The summed E-state index contributed by atoms with van der Waals surface area (Å²) in [6.07, 6.45) is 3.24. The van der Waals surface area contributed by atoms with Gasteiger partial charge in [-0.3, -0.25) is 19.5 Å². The van der Waals surface area contributed by atoms with E-state index in [9.17, 15) is 14.7 Å². The van der Waals surface area contributed by atoms with Crippen molar-refractivity contribution in [2.45, 2.75) is 6.04 Å². The van der Waals surface area contributed by atoms with Crippen LogP contribution in [0, 0.1) is 0 Å². The van der Waals surface area contributed by atoms with Crippen LogP contribution >= 0.6 is 0 Å². The van der Waals surface area contributed by atoms with Gasteiger partial charge in [-0.25, -0.2) is 0 Å². The Labute approximate surface area is 220 Å². The zero-order valence-corrected chi connectivity index (χ0v) is 21.0. The summed E-state index contributed by atoms with van der Waals surface area (Å²) in [6.45, 7) is 4.64. The quantitative estimate of drug-likeness (QED) is 0.324. The number of ether oxygens (including phenoxy) is 2. The smallest absolute Gasteiger partial charge is 0.300 e. The van der Waals surface area contributed by atoms with Gasteiger partial charge in [0.1, 0.15) is 19.0 Å². The van der Waals surface area contributed by atoms with Gasteiger partial charge in [0.15, 0.2) is 11.5 Å². The number of carbonyl (C=O) groups is 2. The van der Waals surface area contributed by atoms with Gasteiger partial charge in [-0.15, -0.1) is 0 Å². The number of carbonyl (C=O) groups excluding carboxylic acids is 2. The van der Waals surface area contributed by atoms with Crippen molar-refractivity contribution in [1.82, 2.24) is 9.88 Å². The second-order valence-electron chi connectivity index (χ2n) is 9.62. The summed E-state index contributed by atoms with van der Waals surface area (Å²) < 4.78 is 11.2. The highest BCUT2D eigenvalue weighted by Crippen LogP contribution is 2.43. The van der Waals surface area contributed by atoms with Gasteiger partial charge in [0.05, 0.1) is 11.6 Å². The lowest BCUT2D eigenvalue weighted by Crippen LogP contribution is -2.44. The van der Waals surface area contributed by atoms with Gasteiger partial charge in [0.25, 0.3) is 11.7 Å². The molecule has 0 saturated carbocycles. The Morgan fingerprint density at radius 1 is 0.921 bits per heavy atom. The van der Waals surface area contributed by atoms with Crippen LogP contribution in [0.4, 0.5) is 11.4 Å². The molecular formula is C29H28N4O5. The number of amides is 1. The first-order valence-electron chi connectivity index (χ1n) is 12.7. The minimum absolute atomic E-state index is 0.00261. The molecule has 3 aromatic rings. The molecule has 1 unspecified atom stereocenters. The minimum Gasteiger partial charge on any atom is -0.507 e. The average Bonchev–Trinajstić information content (AvgIpc) is 3.23. The minimum atomic E-state index is -0.841. The van der Waals surface area contributed by atoms with Gasteiger partial charge in [0, 0.05) is 55.5 Å². The van der Waals surface area contributed by atoms with E-state index in [4.69, 9.17) is 9.47 Å². The predicted molar refractivity (Wildman–Crippen MR) is 143 cm³/mol. The van der Waals surface area contributed by atoms with E-state index in [0.29, 0.717) is 41.5 Å². The number of rotatable bonds is 4. The van der Waals surface area contributed by atoms with Crippen LogP contribution in [0.25, 0.3) is 5.76 Å². The molecule has 1 N–H and O–H groups in total.